The van der Waals surface area contributed by atoms with Crippen LogP contribution in [0, 0.1) is 11.3 Å². The zero-order chi connectivity index (χ0) is 11.1. The molecule has 0 aliphatic rings. The fourth-order valence-electron chi connectivity index (χ4n) is 0.949. The Labute approximate surface area is 91.9 Å². The topological polar surface area (TPSA) is 74.0 Å². The van der Waals surface area contributed by atoms with E-state index in [1.54, 1.807) is 6.07 Å². The molecule has 1 N–H and O–H groups in total. The van der Waals surface area contributed by atoms with Crippen LogP contribution in [0.3, 0.4) is 0 Å². The van der Waals surface area contributed by atoms with Gasteiger partial charge in [0.25, 0.3) is 0 Å². The van der Waals surface area contributed by atoms with E-state index in [0.717, 1.165) is 12.2 Å². The number of unbranched alkanes of at least 4 members (excludes halogenated alkanes) is 1. The van der Waals surface area contributed by atoms with E-state index in [4.69, 9.17) is 10.4 Å². The van der Waals surface area contributed by atoms with Crippen molar-refractivity contribution in [3.63, 3.8) is 0 Å². The quantitative estimate of drug-likeness (QED) is 0.610. The number of carboxylic acid groups (broad SMARTS) is 1. The van der Waals surface area contributed by atoms with Gasteiger partial charge in [0.05, 0.1) is 16.7 Å². The summed E-state index contributed by atoms with van der Waals surface area (Å²) >= 11 is 1.47. The van der Waals surface area contributed by atoms with Gasteiger partial charge in [-0.25, -0.2) is 9.78 Å². The summed E-state index contributed by atoms with van der Waals surface area (Å²) in [6.07, 6.45) is 2.79. The van der Waals surface area contributed by atoms with Gasteiger partial charge in [0.15, 0.2) is 0 Å². The van der Waals surface area contributed by atoms with Crippen LogP contribution in [0.1, 0.15) is 23.2 Å². The number of aromatic carboxylic acids is 1. The number of aromatic nitrogens is 1. The molecule has 0 bridgehead atoms. The molecule has 0 atom stereocenters. The molecule has 0 radical (unpaired) electrons. The maximum atomic E-state index is 10.6. The predicted octanol–water partition coefficient (Wildman–Crippen LogP) is 2.18. The third kappa shape index (κ3) is 4.00. The lowest BCUT2D eigenvalue weighted by Gasteiger charge is -1.99. The smallest absolute Gasteiger partial charge is 0.335 e. The van der Waals surface area contributed by atoms with Gasteiger partial charge in [0.1, 0.15) is 0 Å². The molecule has 1 rings (SSSR count). The van der Waals surface area contributed by atoms with Crippen LogP contribution < -0.4 is 0 Å². The van der Waals surface area contributed by atoms with Crippen LogP contribution in [0.25, 0.3) is 0 Å². The zero-order valence-corrected chi connectivity index (χ0v) is 8.83. The molecule has 78 valence electrons. The lowest BCUT2D eigenvalue weighted by molar-refractivity contribution is 0.0696. The second kappa shape index (κ2) is 6.04. The minimum atomic E-state index is -0.948. The third-order valence-corrected chi connectivity index (χ3v) is 2.68. The van der Waals surface area contributed by atoms with Crippen LogP contribution in [-0.4, -0.2) is 21.8 Å². The molecule has 0 saturated carbocycles. The Morgan fingerprint density at radius 1 is 1.67 bits per heavy atom. The minimum absolute atomic E-state index is 0.243. The van der Waals surface area contributed by atoms with E-state index >= 15 is 0 Å². The number of carboxylic acids is 1. The van der Waals surface area contributed by atoms with Crippen molar-refractivity contribution in [3.05, 3.63) is 23.9 Å². The number of nitriles is 1. The van der Waals surface area contributed by atoms with Gasteiger partial charge >= 0.3 is 5.97 Å². The van der Waals surface area contributed by atoms with Crippen molar-refractivity contribution < 1.29 is 9.90 Å². The SMILES string of the molecule is N#CCCCSc1cc(C(=O)O)ccn1. The van der Waals surface area contributed by atoms with Crippen molar-refractivity contribution in [1.29, 1.82) is 5.26 Å². The van der Waals surface area contributed by atoms with Crippen molar-refractivity contribution in [2.75, 3.05) is 5.75 Å². The number of hydrogen-bond donors (Lipinski definition) is 1. The summed E-state index contributed by atoms with van der Waals surface area (Å²) in [5, 5.41) is 17.8. The zero-order valence-electron chi connectivity index (χ0n) is 8.01. The average Bonchev–Trinajstić information content (AvgIpc) is 2.25. The van der Waals surface area contributed by atoms with E-state index in [0.29, 0.717) is 11.4 Å². The lowest BCUT2D eigenvalue weighted by atomic mass is 10.3. The first-order valence-corrected chi connectivity index (χ1v) is 5.41. The van der Waals surface area contributed by atoms with E-state index in [1.807, 2.05) is 0 Å². The first-order valence-electron chi connectivity index (χ1n) is 4.43. The summed E-state index contributed by atoms with van der Waals surface area (Å²) in [7, 11) is 0. The molecule has 0 aliphatic heterocycles. The Bertz CT molecular complexity index is 387. The molecule has 0 spiro atoms. The van der Waals surface area contributed by atoms with E-state index in [-0.39, 0.29) is 5.56 Å². The number of carbonyl (C=O) groups is 1. The number of hydrogen-bond acceptors (Lipinski definition) is 4. The lowest BCUT2D eigenvalue weighted by Crippen LogP contribution is -1.96. The highest BCUT2D eigenvalue weighted by Gasteiger charge is 2.04. The van der Waals surface area contributed by atoms with Crippen molar-refractivity contribution >= 4 is 17.7 Å². The van der Waals surface area contributed by atoms with Gasteiger partial charge in [-0.1, -0.05) is 0 Å². The second-order valence-corrected chi connectivity index (χ2v) is 3.91. The summed E-state index contributed by atoms with van der Waals surface area (Å²) in [6.45, 7) is 0. The van der Waals surface area contributed by atoms with Crippen LogP contribution in [0.4, 0.5) is 0 Å². The average molecular weight is 222 g/mol. The molecule has 4 nitrogen and oxygen atoms in total. The Hall–Kier alpha value is -1.54. The molecular weight excluding hydrogens is 212 g/mol. The Morgan fingerprint density at radius 2 is 2.47 bits per heavy atom. The highest BCUT2D eigenvalue weighted by atomic mass is 32.2. The predicted molar refractivity (Wildman–Crippen MR) is 56.8 cm³/mol. The number of rotatable bonds is 5. The van der Waals surface area contributed by atoms with Crippen molar-refractivity contribution in [2.45, 2.75) is 17.9 Å². The second-order valence-electron chi connectivity index (χ2n) is 2.80. The van der Waals surface area contributed by atoms with E-state index < -0.39 is 5.97 Å². The number of thioether (sulfide) groups is 1. The fraction of sp³-hybridized carbons (Fsp3) is 0.300. The largest absolute Gasteiger partial charge is 0.478 e. The summed E-state index contributed by atoms with van der Waals surface area (Å²) < 4.78 is 0. The highest BCUT2D eigenvalue weighted by molar-refractivity contribution is 7.99. The minimum Gasteiger partial charge on any atom is -0.478 e. The van der Waals surface area contributed by atoms with Crippen molar-refractivity contribution in [3.8, 4) is 6.07 Å². The standard InChI is InChI=1S/C10H10N2O2S/c11-4-1-2-6-15-9-7-8(10(13)14)3-5-12-9/h3,5,7H,1-2,6H2,(H,13,14). The van der Waals surface area contributed by atoms with Crippen LogP contribution in [0.15, 0.2) is 23.4 Å². The van der Waals surface area contributed by atoms with Gasteiger partial charge in [-0.3, -0.25) is 0 Å². The van der Waals surface area contributed by atoms with E-state index in [9.17, 15) is 4.79 Å². The van der Waals surface area contributed by atoms with Gasteiger partial charge in [-0.05, 0) is 18.6 Å². The molecule has 15 heavy (non-hydrogen) atoms. The van der Waals surface area contributed by atoms with Crippen LogP contribution in [-0.2, 0) is 0 Å². The van der Waals surface area contributed by atoms with Gasteiger partial charge in [-0.15, -0.1) is 11.8 Å². The number of nitrogens with zero attached hydrogens (tertiary/aromatic N) is 2. The van der Waals surface area contributed by atoms with E-state index in [2.05, 4.69) is 11.1 Å². The molecule has 0 unspecified atom stereocenters. The molecule has 0 aromatic carbocycles. The summed E-state index contributed by atoms with van der Waals surface area (Å²) in [5.41, 5.74) is 0.243. The summed E-state index contributed by atoms with van der Waals surface area (Å²) in [6, 6.07) is 5.06. The van der Waals surface area contributed by atoms with Gasteiger partial charge < -0.3 is 5.11 Å². The molecule has 5 heteroatoms. The molecule has 0 fully saturated rings. The van der Waals surface area contributed by atoms with Gasteiger partial charge in [0, 0.05) is 18.4 Å². The highest BCUT2D eigenvalue weighted by Crippen LogP contribution is 2.17. The van der Waals surface area contributed by atoms with Crippen LogP contribution >= 0.6 is 11.8 Å². The van der Waals surface area contributed by atoms with Crippen LogP contribution in [0.2, 0.25) is 0 Å². The first-order chi connectivity index (χ1) is 7.24. The Kier molecular flexibility index (Phi) is 4.64. The van der Waals surface area contributed by atoms with Gasteiger partial charge in [0.2, 0.25) is 0 Å². The normalized spacial score (nSPS) is 9.53. The molecule has 1 aromatic heterocycles. The Balaban J connectivity index is 2.51. The van der Waals surface area contributed by atoms with Crippen molar-refractivity contribution in [2.24, 2.45) is 0 Å². The third-order valence-electron chi connectivity index (χ3n) is 1.66. The summed E-state index contributed by atoms with van der Waals surface area (Å²) in [4.78, 5) is 14.7. The molecule has 1 aromatic rings. The molecule has 0 saturated heterocycles. The molecular formula is C10H10N2O2S. The monoisotopic (exact) mass is 222 g/mol. The number of pyridine rings is 1. The van der Waals surface area contributed by atoms with Gasteiger partial charge in [-0.2, -0.15) is 5.26 Å². The fourth-order valence-corrected chi connectivity index (χ4v) is 1.79. The maximum Gasteiger partial charge on any atom is 0.335 e. The molecule has 1 heterocycles. The van der Waals surface area contributed by atoms with Crippen LogP contribution in [0.5, 0.6) is 0 Å². The maximum absolute atomic E-state index is 10.6. The Morgan fingerprint density at radius 3 is 3.13 bits per heavy atom. The van der Waals surface area contributed by atoms with E-state index in [1.165, 1.54) is 24.0 Å². The molecule has 0 amide bonds. The van der Waals surface area contributed by atoms with Crippen molar-refractivity contribution in [1.82, 2.24) is 4.98 Å². The first kappa shape index (κ1) is 11.5. The summed E-state index contributed by atoms with van der Waals surface area (Å²) in [5.74, 6) is -0.167. The molecule has 0 aliphatic carbocycles.